The first-order valence-electron chi connectivity index (χ1n) is 13.3. The van der Waals surface area contributed by atoms with E-state index in [9.17, 15) is 18.4 Å². The highest BCUT2D eigenvalue weighted by molar-refractivity contribution is 5.82. The van der Waals surface area contributed by atoms with Crippen molar-refractivity contribution >= 4 is 11.8 Å². The third-order valence-electron chi connectivity index (χ3n) is 8.45. The van der Waals surface area contributed by atoms with Gasteiger partial charge in [0.05, 0.1) is 5.92 Å². The van der Waals surface area contributed by atoms with E-state index in [1.807, 2.05) is 16.7 Å². The molecule has 1 aliphatic carbocycles. The summed E-state index contributed by atoms with van der Waals surface area (Å²) in [5.74, 6) is -1.03. The molecule has 1 aromatic carbocycles. The van der Waals surface area contributed by atoms with E-state index in [2.05, 4.69) is 25.7 Å². The Morgan fingerprint density at radius 3 is 2.37 bits per heavy atom. The number of nitrogens with zero attached hydrogens (tertiary/aromatic N) is 3. The lowest BCUT2D eigenvalue weighted by Crippen LogP contribution is -2.57. The average Bonchev–Trinajstić information content (AvgIpc) is 3.47. The summed E-state index contributed by atoms with van der Waals surface area (Å²) in [6.45, 7) is 11.0. The molecule has 194 valence electrons. The molecular weight excluding hydrogens is 448 g/mol. The predicted molar refractivity (Wildman–Crippen MR) is 133 cm³/mol. The summed E-state index contributed by atoms with van der Waals surface area (Å²) in [5.41, 5.74) is 0.240. The van der Waals surface area contributed by atoms with Gasteiger partial charge in [0.1, 0.15) is 11.6 Å². The minimum atomic E-state index is -0.609. The van der Waals surface area contributed by atoms with Crippen molar-refractivity contribution in [1.82, 2.24) is 14.7 Å². The molecule has 5 nitrogen and oxygen atoms in total. The van der Waals surface area contributed by atoms with Crippen molar-refractivity contribution in [1.29, 1.82) is 0 Å². The number of rotatable bonds is 5. The van der Waals surface area contributed by atoms with Gasteiger partial charge >= 0.3 is 0 Å². The van der Waals surface area contributed by atoms with Gasteiger partial charge in [-0.1, -0.05) is 31.7 Å². The molecule has 3 aliphatic rings. The zero-order valence-corrected chi connectivity index (χ0v) is 21.7. The standard InChI is InChI=1S/C28H41F2N3O2/c1-19-16-31(26(34)12-9-20-7-5-6-8-20)13-14-33(19)27(35)24-18-32(28(2,3)4)17-23(24)22-11-10-21(29)15-25(22)30/h10-11,15,19-20,23-24H,5-9,12-14,16-18H2,1-4H3/t19-,23-,24+/m0/s1. The van der Waals surface area contributed by atoms with E-state index in [4.69, 9.17) is 0 Å². The van der Waals surface area contributed by atoms with Crippen molar-refractivity contribution in [3.63, 3.8) is 0 Å². The molecule has 0 radical (unpaired) electrons. The van der Waals surface area contributed by atoms with E-state index in [1.165, 1.54) is 37.8 Å². The quantitative estimate of drug-likeness (QED) is 0.596. The number of hydrogen-bond acceptors (Lipinski definition) is 3. The Labute approximate surface area is 208 Å². The van der Waals surface area contributed by atoms with E-state index < -0.39 is 17.6 Å². The molecule has 1 saturated carbocycles. The fourth-order valence-electron chi connectivity index (χ4n) is 6.23. The highest BCUT2D eigenvalue weighted by Gasteiger charge is 2.45. The van der Waals surface area contributed by atoms with Crippen LogP contribution >= 0.6 is 0 Å². The molecule has 0 unspecified atom stereocenters. The first kappa shape index (κ1) is 26.1. The van der Waals surface area contributed by atoms with Gasteiger partial charge in [-0.3, -0.25) is 14.5 Å². The van der Waals surface area contributed by atoms with Crippen molar-refractivity contribution in [2.75, 3.05) is 32.7 Å². The Kier molecular flexibility index (Phi) is 7.84. The minimum absolute atomic E-state index is 0.0102. The maximum Gasteiger partial charge on any atom is 0.228 e. The number of hydrogen-bond donors (Lipinski definition) is 0. The summed E-state index contributed by atoms with van der Waals surface area (Å²) >= 11 is 0. The molecule has 2 heterocycles. The number of benzene rings is 1. The summed E-state index contributed by atoms with van der Waals surface area (Å²) < 4.78 is 28.4. The molecule has 3 atom stereocenters. The molecule has 0 bridgehead atoms. The lowest BCUT2D eigenvalue weighted by molar-refractivity contribution is -0.145. The lowest BCUT2D eigenvalue weighted by Gasteiger charge is -2.41. The van der Waals surface area contributed by atoms with Crippen molar-refractivity contribution in [2.45, 2.75) is 83.7 Å². The molecule has 2 amide bonds. The van der Waals surface area contributed by atoms with E-state index in [0.29, 0.717) is 50.6 Å². The van der Waals surface area contributed by atoms with Crippen LogP contribution in [-0.4, -0.2) is 70.8 Å². The molecule has 2 aliphatic heterocycles. The predicted octanol–water partition coefficient (Wildman–Crippen LogP) is 4.81. The Morgan fingerprint density at radius 1 is 1.03 bits per heavy atom. The zero-order chi connectivity index (χ0) is 25.3. The highest BCUT2D eigenvalue weighted by Crippen LogP contribution is 2.39. The Bertz CT molecular complexity index is 925. The average molecular weight is 490 g/mol. The first-order chi connectivity index (χ1) is 16.5. The van der Waals surface area contributed by atoms with Crippen LogP contribution in [-0.2, 0) is 9.59 Å². The molecule has 0 aromatic heterocycles. The molecule has 35 heavy (non-hydrogen) atoms. The van der Waals surface area contributed by atoms with E-state index >= 15 is 0 Å². The summed E-state index contributed by atoms with van der Waals surface area (Å²) in [7, 11) is 0. The van der Waals surface area contributed by atoms with E-state index in [0.717, 1.165) is 12.5 Å². The number of halogens is 2. The number of carbonyl (C=O) groups is 2. The van der Waals surface area contributed by atoms with Gasteiger partial charge in [-0.25, -0.2) is 8.78 Å². The SMILES string of the molecule is C[C@H]1CN(C(=O)CCC2CCCC2)CCN1C(=O)[C@@H]1CN(C(C)(C)C)C[C@H]1c1ccc(F)cc1F. The molecule has 7 heteroatoms. The van der Waals surface area contributed by atoms with Crippen LogP contribution in [0.25, 0.3) is 0 Å². The summed E-state index contributed by atoms with van der Waals surface area (Å²) in [6, 6.07) is 3.59. The van der Waals surface area contributed by atoms with Crippen LogP contribution in [0.2, 0.25) is 0 Å². The van der Waals surface area contributed by atoms with Gasteiger partial charge in [0.2, 0.25) is 11.8 Å². The van der Waals surface area contributed by atoms with Crippen molar-refractivity contribution < 1.29 is 18.4 Å². The van der Waals surface area contributed by atoms with Crippen LogP contribution < -0.4 is 0 Å². The Balaban J connectivity index is 1.44. The normalized spacial score (nSPS) is 26.5. The molecule has 4 rings (SSSR count). The number of carbonyl (C=O) groups excluding carboxylic acids is 2. The fourth-order valence-corrected chi connectivity index (χ4v) is 6.23. The summed E-state index contributed by atoms with van der Waals surface area (Å²) in [6.07, 6.45) is 6.63. The second-order valence-corrected chi connectivity index (χ2v) is 11.9. The van der Waals surface area contributed by atoms with Gasteiger partial charge in [-0.05, 0) is 51.7 Å². The van der Waals surface area contributed by atoms with E-state index in [-0.39, 0.29) is 29.3 Å². The first-order valence-corrected chi connectivity index (χ1v) is 13.3. The van der Waals surface area contributed by atoms with Gasteiger partial charge in [0.25, 0.3) is 0 Å². The Morgan fingerprint density at radius 2 is 1.74 bits per heavy atom. The monoisotopic (exact) mass is 489 g/mol. The van der Waals surface area contributed by atoms with Crippen LogP contribution in [0.5, 0.6) is 0 Å². The maximum atomic E-state index is 14.8. The highest BCUT2D eigenvalue weighted by atomic mass is 19.1. The fraction of sp³-hybridized carbons (Fsp3) is 0.714. The molecular formula is C28H41F2N3O2. The smallest absolute Gasteiger partial charge is 0.228 e. The van der Waals surface area contributed by atoms with Gasteiger partial charge in [0.15, 0.2) is 0 Å². The van der Waals surface area contributed by atoms with Gasteiger partial charge in [-0.15, -0.1) is 0 Å². The van der Waals surface area contributed by atoms with Gasteiger partial charge in [0, 0.05) is 62.7 Å². The summed E-state index contributed by atoms with van der Waals surface area (Å²) in [5, 5.41) is 0. The van der Waals surface area contributed by atoms with Crippen LogP contribution in [0, 0.1) is 23.5 Å². The van der Waals surface area contributed by atoms with Gasteiger partial charge < -0.3 is 9.80 Å². The zero-order valence-electron chi connectivity index (χ0n) is 21.7. The lowest BCUT2D eigenvalue weighted by atomic mass is 9.87. The number of piperazine rings is 1. The molecule has 1 aromatic rings. The third-order valence-corrected chi connectivity index (χ3v) is 8.45. The Hall–Kier alpha value is -2.02. The van der Waals surface area contributed by atoms with Crippen molar-refractivity contribution in [2.24, 2.45) is 11.8 Å². The largest absolute Gasteiger partial charge is 0.339 e. The van der Waals surface area contributed by atoms with Gasteiger partial charge in [-0.2, -0.15) is 0 Å². The molecule has 3 fully saturated rings. The molecule has 0 spiro atoms. The number of likely N-dealkylation sites (tertiary alicyclic amines) is 1. The number of amides is 2. The summed E-state index contributed by atoms with van der Waals surface area (Å²) in [4.78, 5) is 32.7. The van der Waals surface area contributed by atoms with Crippen LogP contribution in [0.15, 0.2) is 18.2 Å². The third kappa shape index (κ3) is 5.87. The van der Waals surface area contributed by atoms with Crippen LogP contribution in [0.4, 0.5) is 8.78 Å². The van der Waals surface area contributed by atoms with Crippen LogP contribution in [0.3, 0.4) is 0 Å². The maximum absolute atomic E-state index is 14.8. The van der Waals surface area contributed by atoms with E-state index in [1.54, 1.807) is 0 Å². The minimum Gasteiger partial charge on any atom is -0.339 e. The van der Waals surface area contributed by atoms with Crippen molar-refractivity contribution in [3.05, 3.63) is 35.4 Å². The van der Waals surface area contributed by atoms with Crippen molar-refractivity contribution in [3.8, 4) is 0 Å². The molecule has 2 saturated heterocycles. The second-order valence-electron chi connectivity index (χ2n) is 11.9. The second kappa shape index (κ2) is 10.5. The topological polar surface area (TPSA) is 43.9 Å². The van der Waals surface area contributed by atoms with Crippen LogP contribution in [0.1, 0.15) is 77.7 Å². The molecule has 0 N–H and O–H groups in total.